The van der Waals surface area contributed by atoms with Crippen LogP contribution in [-0.4, -0.2) is 18.4 Å². The Morgan fingerprint density at radius 1 is 1.29 bits per heavy atom. The summed E-state index contributed by atoms with van der Waals surface area (Å²) in [6.45, 7) is 0. The maximum Gasteiger partial charge on any atom is 0.573 e. The molecule has 21 heavy (non-hydrogen) atoms. The number of rotatable bonds is 3. The zero-order chi connectivity index (χ0) is 15.3. The van der Waals surface area contributed by atoms with Gasteiger partial charge in [0.05, 0.1) is 6.04 Å². The standard InChI is InChI=1S/C13H17F3N4O/c14-13(15,16)21-11-7-3-6-10(8-11)19-12(20-17)18-9-4-1-2-5-9/h3,6-9H,1-2,4-5,17H2,(H2,18,19,20). The van der Waals surface area contributed by atoms with Gasteiger partial charge in [0.2, 0.25) is 5.96 Å². The third-order valence-corrected chi connectivity index (χ3v) is 3.10. The van der Waals surface area contributed by atoms with E-state index in [-0.39, 0.29) is 11.8 Å². The number of nitrogens with one attached hydrogen (secondary N) is 2. The van der Waals surface area contributed by atoms with Crippen molar-refractivity contribution in [3.05, 3.63) is 24.3 Å². The van der Waals surface area contributed by atoms with Crippen molar-refractivity contribution in [2.75, 3.05) is 5.32 Å². The number of nitrogens with zero attached hydrogens (tertiary/aromatic N) is 1. The van der Waals surface area contributed by atoms with Crippen LogP contribution in [0.3, 0.4) is 0 Å². The van der Waals surface area contributed by atoms with Gasteiger partial charge in [0.15, 0.2) is 0 Å². The van der Waals surface area contributed by atoms with Crippen LogP contribution in [0.1, 0.15) is 25.7 Å². The van der Waals surface area contributed by atoms with Gasteiger partial charge in [-0.3, -0.25) is 5.43 Å². The largest absolute Gasteiger partial charge is 0.573 e. The summed E-state index contributed by atoms with van der Waals surface area (Å²) in [6.07, 6.45) is -0.485. The number of ether oxygens (including phenoxy) is 1. The Labute approximate surface area is 120 Å². The number of anilines is 1. The van der Waals surface area contributed by atoms with Crippen LogP contribution in [-0.2, 0) is 0 Å². The zero-order valence-electron chi connectivity index (χ0n) is 11.3. The van der Waals surface area contributed by atoms with Crippen molar-refractivity contribution in [3.8, 4) is 5.75 Å². The summed E-state index contributed by atoms with van der Waals surface area (Å²) < 4.78 is 40.4. The average molecular weight is 302 g/mol. The number of hydrazine groups is 1. The molecule has 1 aromatic rings. The summed E-state index contributed by atoms with van der Waals surface area (Å²) in [4.78, 5) is 4.40. The normalized spacial score (nSPS) is 16.9. The molecule has 0 amide bonds. The second-order valence-electron chi connectivity index (χ2n) is 4.76. The molecule has 1 saturated carbocycles. The number of halogens is 3. The van der Waals surface area contributed by atoms with Gasteiger partial charge in [-0.2, -0.15) is 0 Å². The number of hydrogen-bond acceptors (Lipinski definition) is 3. The lowest BCUT2D eigenvalue weighted by molar-refractivity contribution is -0.274. The van der Waals surface area contributed by atoms with E-state index < -0.39 is 6.36 Å². The van der Waals surface area contributed by atoms with Crippen molar-refractivity contribution in [1.82, 2.24) is 5.43 Å². The first-order chi connectivity index (χ1) is 9.96. The predicted molar refractivity (Wildman–Crippen MR) is 73.8 cm³/mol. The fraction of sp³-hybridized carbons (Fsp3) is 0.462. The molecule has 8 heteroatoms. The number of hydrogen-bond donors (Lipinski definition) is 3. The molecule has 5 nitrogen and oxygen atoms in total. The van der Waals surface area contributed by atoms with Crippen LogP contribution in [0.25, 0.3) is 0 Å². The molecular formula is C13H17F3N4O. The minimum absolute atomic E-state index is 0.193. The van der Waals surface area contributed by atoms with Crippen molar-refractivity contribution in [1.29, 1.82) is 0 Å². The molecule has 0 aliphatic heterocycles. The Morgan fingerprint density at radius 3 is 2.62 bits per heavy atom. The quantitative estimate of drug-likeness (QED) is 0.347. The Balaban J connectivity index is 2.05. The summed E-state index contributed by atoms with van der Waals surface area (Å²) in [5, 5.41) is 2.85. The second-order valence-corrected chi connectivity index (χ2v) is 4.76. The minimum atomic E-state index is -4.72. The van der Waals surface area contributed by atoms with Crippen LogP contribution in [0.4, 0.5) is 18.9 Å². The lowest BCUT2D eigenvalue weighted by Gasteiger charge is -2.13. The maximum absolute atomic E-state index is 12.2. The van der Waals surface area contributed by atoms with Crippen molar-refractivity contribution in [2.24, 2.45) is 10.8 Å². The molecule has 0 unspecified atom stereocenters. The van der Waals surface area contributed by atoms with Gasteiger partial charge in [0.25, 0.3) is 0 Å². The van der Waals surface area contributed by atoms with Crippen LogP contribution < -0.4 is 21.3 Å². The SMILES string of the molecule is NNC(=NC1CCCC1)Nc1cccc(OC(F)(F)F)c1. The van der Waals surface area contributed by atoms with E-state index in [2.05, 4.69) is 20.5 Å². The van der Waals surface area contributed by atoms with E-state index in [4.69, 9.17) is 5.84 Å². The lowest BCUT2D eigenvalue weighted by atomic mass is 10.3. The van der Waals surface area contributed by atoms with Crippen molar-refractivity contribution in [2.45, 2.75) is 38.1 Å². The highest BCUT2D eigenvalue weighted by molar-refractivity contribution is 5.93. The lowest BCUT2D eigenvalue weighted by Crippen LogP contribution is -2.37. The maximum atomic E-state index is 12.2. The van der Waals surface area contributed by atoms with Crippen LogP contribution in [0.2, 0.25) is 0 Å². The van der Waals surface area contributed by atoms with Gasteiger partial charge in [-0.05, 0) is 25.0 Å². The predicted octanol–water partition coefficient (Wildman–Crippen LogP) is 2.76. The topological polar surface area (TPSA) is 71.7 Å². The van der Waals surface area contributed by atoms with E-state index in [1.165, 1.54) is 18.2 Å². The molecule has 4 N–H and O–H groups in total. The number of benzene rings is 1. The first-order valence-corrected chi connectivity index (χ1v) is 6.63. The van der Waals surface area contributed by atoms with Gasteiger partial charge in [-0.15, -0.1) is 13.2 Å². The van der Waals surface area contributed by atoms with Crippen LogP contribution in [0.5, 0.6) is 5.75 Å². The monoisotopic (exact) mass is 302 g/mol. The minimum Gasteiger partial charge on any atom is -0.406 e. The molecular weight excluding hydrogens is 285 g/mol. The van der Waals surface area contributed by atoms with Gasteiger partial charge in [0, 0.05) is 11.8 Å². The Bertz CT molecular complexity index is 498. The molecule has 1 aliphatic carbocycles. The Morgan fingerprint density at radius 2 is 2.00 bits per heavy atom. The van der Waals surface area contributed by atoms with Gasteiger partial charge in [-0.1, -0.05) is 18.9 Å². The Hall–Kier alpha value is -1.96. The van der Waals surface area contributed by atoms with Crippen molar-refractivity contribution < 1.29 is 17.9 Å². The molecule has 0 saturated heterocycles. The van der Waals surface area contributed by atoms with E-state index in [0.29, 0.717) is 11.6 Å². The first-order valence-electron chi connectivity index (χ1n) is 6.63. The zero-order valence-corrected chi connectivity index (χ0v) is 11.3. The highest BCUT2D eigenvalue weighted by Crippen LogP contribution is 2.25. The van der Waals surface area contributed by atoms with Crippen LogP contribution in [0.15, 0.2) is 29.3 Å². The Kier molecular flexibility index (Phi) is 4.89. The van der Waals surface area contributed by atoms with E-state index in [1.807, 2.05) is 0 Å². The van der Waals surface area contributed by atoms with E-state index >= 15 is 0 Å². The number of nitrogens with two attached hydrogens (primary N) is 1. The molecule has 0 atom stereocenters. The molecule has 0 bridgehead atoms. The summed E-state index contributed by atoms with van der Waals surface area (Å²) in [5.41, 5.74) is 2.83. The molecule has 0 spiro atoms. The molecule has 0 radical (unpaired) electrons. The molecule has 2 rings (SSSR count). The molecule has 0 heterocycles. The van der Waals surface area contributed by atoms with Crippen LogP contribution >= 0.6 is 0 Å². The summed E-state index contributed by atoms with van der Waals surface area (Å²) in [7, 11) is 0. The third kappa shape index (κ3) is 5.14. The van der Waals surface area contributed by atoms with Gasteiger partial charge in [-0.25, -0.2) is 10.8 Å². The van der Waals surface area contributed by atoms with Crippen molar-refractivity contribution >= 4 is 11.6 Å². The molecule has 1 aromatic carbocycles. The second kappa shape index (κ2) is 6.66. The average Bonchev–Trinajstić information content (AvgIpc) is 2.89. The van der Waals surface area contributed by atoms with E-state index in [1.54, 1.807) is 6.07 Å². The number of aliphatic imine (C=N–C) groups is 1. The first kappa shape index (κ1) is 15.4. The van der Waals surface area contributed by atoms with Gasteiger partial charge >= 0.3 is 6.36 Å². The fourth-order valence-corrected chi connectivity index (χ4v) is 2.23. The van der Waals surface area contributed by atoms with Gasteiger partial charge < -0.3 is 10.1 Å². The highest BCUT2D eigenvalue weighted by Gasteiger charge is 2.31. The number of alkyl halides is 3. The molecule has 1 aliphatic rings. The van der Waals surface area contributed by atoms with Gasteiger partial charge in [0.1, 0.15) is 5.75 Å². The van der Waals surface area contributed by atoms with Crippen LogP contribution in [0, 0.1) is 0 Å². The summed E-state index contributed by atoms with van der Waals surface area (Å²) in [5.74, 6) is 5.41. The summed E-state index contributed by atoms with van der Waals surface area (Å²) >= 11 is 0. The third-order valence-electron chi connectivity index (χ3n) is 3.10. The highest BCUT2D eigenvalue weighted by atomic mass is 19.4. The van der Waals surface area contributed by atoms with Crippen molar-refractivity contribution in [3.63, 3.8) is 0 Å². The van der Waals surface area contributed by atoms with E-state index in [9.17, 15) is 13.2 Å². The smallest absolute Gasteiger partial charge is 0.406 e. The fourth-order valence-electron chi connectivity index (χ4n) is 2.23. The molecule has 1 fully saturated rings. The molecule has 0 aromatic heterocycles. The summed E-state index contributed by atoms with van der Waals surface area (Å²) in [6, 6.07) is 5.70. The van der Waals surface area contributed by atoms with E-state index in [0.717, 1.165) is 25.7 Å². The molecule has 116 valence electrons. The number of guanidine groups is 1.